The number of carbonyl (C=O) groups excluding carboxylic acids is 2. The molecule has 0 aliphatic heterocycles. The Morgan fingerprint density at radius 1 is 1.15 bits per heavy atom. The Morgan fingerprint density at radius 2 is 1.90 bits per heavy atom. The highest BCUT2D eigenvalue weighted by Gasteiger charge is 2.32. The average Bonchev–Trinajstić information content (AvgIpc) is 3.35. The van der Waals surface area contributed by atoms with Crippen LogP contribution < -0.4 is 20.7 Å². The number of nitrogens with zero attached hydrogens (tertiary/aromatic N) is 2. The number of allylic oxidation sites excluding steroid dienone is 3. The summed E-state index contributed by atoms with van der Waals surface area (Å²) in [6.45, 7) is 1.69. The maximum absolute atomic E-state index is 12.6. The Bertz CT molecular complexity index is 1380. The summed E-state index contributed by atoms with van der Waals surface area (Å²) in [7, 11) is 0. The maximum Gasteiger partial charge on any atom is 0.573 e. The van der Waals surface area contributed by atoms with Gasteiger partial charge in [-0.25, -0.2) is 9.78 Å². The number of ether oxygens (including phenoxy) is 1. The number of aliphatic carboxylic acids is 1. The molecule has 3 rings (SSSR count). The standard InChI is InChI=1S/C25H21F3N6O5/c1-2-3-6-17(23(37)29-14-13-20(35)36)22-32-21(33-34-22)15-9-11-16(12-10-15)30-24(38)31-18-7-4-5-8-19(18)39-25(26,27)28/h2-4,6-7,9-12H,13-14H2,1H3,(H,29,37)(H,35,36)(H2,30,31,38)(H,32,33,34)/b3-2-,17-6+. The van der Waals surface area contributed by atoms with Gasteiger partial charge in [-0.2, -0.15) is 5.10 Å². The molecule has 0 unspecified atom stereocenters. The zero-order chi connectivity index (χ0) is 28.4. The van der Waals surface area contributed by atoms with E-state index in [4.69, 9.17) is 5.11 Å². The number of halogens is 3. The van der Waals surface area contributed by atoms with Crippen molar-refractivity contribution in [2.45, 2.75) is 19.7 Å². The minimum absolute atomic E-state index is 0.0674. The maximum atomic E-state index is 12.6. The first-order chi connectivity index (χ1) is 18.6. The Kier molecular flexibility index (Phi) is 9.25. The molecule has 1 heterocycles. The lowest BCUT2D eigenvalue weighted by molar-refractivity contribution is -0.274. The van der Waals surface area contributed by atoms with E-state index in [2.05, 4.69) is 48.0 Å². The summed E-state index contributed by atoms with van der Waals surface area (Å²) in [5.41, 5.74) is 0.705. The quantitative estimate of drug-likeness (QED) is 0.190. The predicted molar refractivity (Wildman–Crippen MR) is 133 cm³/mol. The van der Waals surface area contributed by atoms with Gasteiger partial charge >= 0.3 is 18.4 Å². The number of alkyl halides is 3. The molecule has 39 heavy (non-hydrogen) atoms. The summed E-state index contributed by atoms with van der Waals surface area (Å²) in [6.07, 6.45) is -0.401. The van der Waals surface area contributed by atoms with E-state index in [-0.39, 0.29) is 35.9 Å². The molecule has 11 nitrogen and oxygen atoms in total. The molecule has 0 bridgehead atoms. The molecule has 14 heteroatoms. The molecule has 0 radical (unpaired) electrons. The van der Waals surface area contributed by atoms with E-state index >= 15 is 0 Å². The molecule has 5 N–H and O–H groups in total. The summed E-state index contributed by atoms with van der Waals surface area (Å²) >= 11 is 0. The highest BCUT2D eigenvalue weighted by molar-refractivity contribution is 6.18. The molecule has 202 valence electrons. The molecule has 0 fully saturated rings. The number of carbonyl (C=O) groups is 3. The smallest absolute Gasteiger partial charge is 0.481 e. The van der Waals surface area contributed by atoms with Gasteiger partial charge in [-0.1, -0.05) is 18.2 Å². The largest absolute Gasteiger partial charge is 0.573 e. The average molecular weight is 542 g/mol. The van der Waals surface area contributed by atoms with E-state index in [1.807, 2.05) is 0 Å². The van der Waals surface area contributed by atoms with Crippen molar-refractivity contribution >= 4 is 34.9 Å². The van der Waals surface area contributed by atoms with Gasteiger partial charge < -0.3 is 25.8 Å². The van der Waals surface area contributed by atoms with Crippen molar-refractivity contribution in [3.05, 3.63) is 72.6 Å². The van der Waals surface area contributed by atoms with Crippen LogP contribution in [-0.4, -0.2) is 51.1 Å². The van der Waals surface area contributed by atoms with E-state index in [1.165, 1.54) is 30.3 Å². The van der Waals surface area contributed by atoms with Gasteiger partial charge in [-0.3, -0.25) is 14.7 Å². The van der Waals surface area contributed by atoms with Crippen molar-refractivity contribution in [3.8, 4) is 17.1 Å². The highest BCUT2D eigenvalue weighted by Crippen LogP contribution is 2.28. The summed E-state index contributed by atoms with van der Waals surface area (Å²) in [5, 5.41) is 22.8. The topological polar surface area (TPSA) is 158 Å². The lowest BCUT2D eigenvalue weighted by Crippen LogP contribution is -2.27. The molecule has 0 aliphatic carbocycles. The van der Waals surface area contributed by atoms with Gasteiger partial charge in [0.15, 0.2) is 11.6 Å². The van der Waals surface area contributed by atoms with Crippen LogP contribution in [0.4, 0.5) is 29.3 Å². The fourth-order valence-corrected chi connectivity index (χ4v) is 3.00. The summed E-state index contributed by atoms with van der Waals surface area (Å²) in [4.78, 5) is 39.9. The van der Waals surface area contributed by atoms with Gasteiger partial charge in [0.2, 0.25) is 5.75 Å². The lowest BCUT2D eigenvalue weighted by Gasteiger charge is -2.12. The molecular weight excluding hydrogens is 521 g/mol. The zero-order valence-electron chi connectivity index (χ0n) is 20.2. The van der Waals surface area contributed by atoms with Crippen LogP contribution >= 0.6 is 0 Å². The Balaban J connectivity index is 1.68. The van der Waals surface area contributed by atoms with Crippen LogP contribution in [0, 0.1) is 12.1 Å². The second-order valence-corrected chi connectivity index (χ2v) is 7.56. The number of anilines is 2. The first-order valence-corrected chi connectivity index (χ1v) is 11.2. The number of H-pyrrole nitrogens is 1. The normalized spacial score (nSPS) is 11.5. The third-order valence-electron chi connectivity index (χ3n) is 4.70. The van der Waals surface area contributed by atoms with Gasteiger partial charge in [0.1, 0.15) is 0 Å². The first kappa shape index (κ1) is 28.3. The van der Waals surface area contributed by atoms with Gasteiger partial charge in [0, 0.05) is 17.8 Å². The molecule has 0 atom stereocenters. The van der Waals surface area contributed by atoms with Crippen LogP contribution in [0.15, 0.2) is 54.6 Å². The second-order valence-electron chi connectivity index (χ2n) is 7.56. The van der Waals surface area contributed by atoms with Gasteiger partial charge in [0.25, 0.3) is 5.91 Å². The van der Waals surface area contributed by atoms with Crippen LogP contribution in [0.5, 0.6) is 5.75 Å². The molecular formula is C25H21F3N6O5. The van der Waals surface area contributed by atoms with Crippen molar-refractivity contribution in [1.29, 1.82) is 0 Å². The molecule has 0 saturated heterocycles. The molecule has 0 aliphatic rings. The van der Waals surface area contributed by atoms with E-state index in [1.54, 1.807) is 31.2 Å². The Morgan fingerprint density at radius 3 is 2.56 bits per heavy atom. The van der Waals surface area contributed by atoms with Crippen LogP contribution in [0.2, 0.25) is 0 Å². The predicted octanol–water partition coefficient (Wildman–Crippen LogP) is 4.17. The van der Waals surface area contributed by atoms with Crippen molar-refractivity contribution in [2.24, 2.45) is 0 Å². The number of urea groups is 1. The number of benzene rings is 1. The number of amides is 3. The van der Waals surface area contributed by atoms with E-state index in [0.29, 0.717) is 11.3 Å². The number of rotatable bonds is 10. The Hall–Kier alpha value is -5.32. The number of carboxylic acids is 1. The number of hydrogen-bond donors (Lipinski definition) is 5. The number of carboxylic acid groups (broad SMARTS) is 1. The number of nitrogens with one attached hydrogen (secondary N) is 4. The molecule has 0 spiro atoms. The molecule has 2 aromatic carbocycles. The van der Waals surface area contributed by atoms with E-state index < -0.39 is 30.0 Å². The van der Waals surface area contributed by atoms with E-state index in [0.717, 1.165) is 0 Å². The monoisotopic (exact) mass is 542 g/mol. The van der Waals surface area contributed by atoms with Gasteiger partial charge in [-0.15, -0.1) is 13.2 Å². The number of aromatic amines is 1. The molecule has 3 aromatic rings. The minimum Gasteiger partial charge on any atom is -0.481 e. The van der Waals surface area contributed by atoms with Crippen molar-refractivity contribution in [3.63, 3.8) is 0 Å². The fourth-order valence-electron chi connectivity index (χ4n) is 3.00. The summed E-state index contributed by atoms with van der Waals surface area (Å²) < 4.78 is 41.5. The number of aromatic nitrogens is 3. The highest BCUT2D eigenvalue weighted by atomic mass is 19.4. The van der Waals surface area contributed by atoms with Crippen molar-refractivity contribution < 1.29 is 37.4 Å². The molecule has 3 amide bonds. The minimum atomic E-state index is -4.97. The van der Waals surface area contributed by atoms with Crippen LogP contribution in [0.25, 0.3) is 17.0 Å². The van der Waals surface area contributed by atoms with Gasteiger partial charge in [0.05, 0.1) is 17.7 Å². The third kappa shape index (κ3) is 8.64. The van der Waals surface area contributed by atoms with E-state index in [9.17, 15) is 27.6 Å². The lowest BCUT2D eigenvalue weighted by atomic mass is 10.2. The Labute approximate surface area is 219 Å². The fraction of sp³-hybridized carbons (Fsp3) is 0.160. The third-order valence-corrected chi connectivity index (χ3v) is 4.70. The first-order valence-electron chi connectivity index (χ1n) is 11.2. The van der Waals surface area contributed by atoms with Crippen LogP contribution in [0.1, 0.15) is 19.2 Å². The van der Waals surface area contributed by atoms with Crippen molar-refractivity contribution in [1.82, 2.24) is 20.5 Å². The van der Waals surface area contributed by atoms with Crippen molar-refractivity contribution in [2.75, 3.05) is 17.2 Å². The second kappa shape index (κ2) is 12.8. The summed E-state index contributed by atoms with van der Waals surface area (Å²) in [6, 6.07) is 12.3. The molecule has 0 saturated carbocycles. The zero-order valence-corrected chi connectivity index (χ0v) is 20.2. The van der Waals surface area contributed by atoms with Crippen LogP contribution in [0.3, 0.4) is 0 Å². The van der Waals surface area contributed by atoms with Gasteiger partial charge in [-0.05, 0) is 55.5 Å². The molecule has 1 aromatic heterocycles. The SMILES string of the molecule is C/C=C\C=C(\C(=O)NCCC(=O)O)c1nc(-c2ccc(NC(=O)Nc3ccc#cc3OC(F)(F)F)cc2)n[nH]1. The van der Waals surface area contributed by atoms with Crippen LogP contribution in [-0.2, 0) is 9.59 Å². The number of hydrogen-bond acceptors (Lipinski definition) is 6. The summed E-state index contributed by atoms with van der Waals surface area (Å²) in [5.74, 6) is -1.96.